The standard InChI is InChI=1S/C27H24F4N2O4S2.C24H18F4N2O3S2.C23H15F4NO4S2.C22H16F4N2O2S2/c1-26(2,3)37-25(34)32-23-19-11-7-8-12-22(19)38-24(23)33(39(35,36)18-9-5-4-6-10-18)16-17-13-14-21(28)20(15-17)27(29,30)31;1-15(31)29-22-18-9-5-6-10-21(18)34-23(22)30(35(32,33)17-7-3-2-4-8-17)14-16-11-12-20(25)19(13-16)24(26,27)28;24-18-11-10-14(12-17(18)23(25,26)27)13-28(34(31,32)15-6-2-1-3-7-15)21-20(22(29)30)16-8-4-5-9-19(16)33-21;23-18-11-10-14(12-17(18)22(24,25)26)13-28(32(29,30)15-6-2-1-3-7-15)21-20(27)16-8-4-5-9-19(16)31-21/h4-15H,16H2,1-3H3,(H,32,34);2-13H,14H2,1H3,(H,29,31);1-12H,13H2,(H,29,30);1-12H,13,27H2. The van der Waals surface area contributed by atoms with E-state index in [9.17, 15) is 123 Å². The molecular formula is C96H73F16N7O13S8. The highest BCUT2D eigenvalue weighted by atomic mass is 32.2. The van der Waals surface area contributed by atoms with E-state index in [0.717, 1.165) is 91.5 Å². The summed E-state index contributed by atoms with van der Waals surface area (Å²) < 4.78 is 336. The van der Waals surface area contributed by atoms with Crippen molar-refractivity contribution in [3.8, 4) is 0 Å². The molecule has 16 rings (SSSR count). The summed E-state index contributed by atoms with van der Waals surface area (Å²) in [6.07, 6.45) is -20.7. The van der Waals surface area contributed by atoms with Gasteiger partial charge in [0.15, 0.2) is 0 Å². The lowest BCUT2D eigenvalue weighted by atomic mass is 10.1. The summed E-state index contributed by atoms with van der Waals surface area (Å²) in [5, 5.41) is 17.3. The molecule has 16 aromatic rings. The Bertz CT molecular complexity index is 7810. The summed E-state index contributed by atoms with van der Waals surface area (Å²) in [5.41, 5.74) is -0.760. The topological polar surface area (TPSA) is 280 Å². The average molecular weight is 2090 g/mol. The van der Waals surface area contributed by atoms with Crippen molar-refractivity contribution in [1.29, 1.82) is 0 Å². The third-order valence-corrected chi connectivity index (χ3v) is 32.7. The number of nitrogen functional groups attached to an aromatic ring is 1. The van der Waals surface area contributed by atoms with Crippen molar-refractivity contribution >= 4 is 181 Å². The Hall–Kier alpha value is -13.6. The number of nitrogens with zero attached hydrogens (tertiary/aromatic N) is 4. The van der Waals surface area contributed by atoms with E-state index >= 15 is 0 Å². The molecule has 0 radical (unpaired) electrons. The molecule has 0 spiro atoms. The smallest absolute Gasteiger partial charge is 0.419 e. The number of hydrogen-bond acceptors (Lipinski definition) is 17. The minimum atomic E-state index is -4.99. The number of carbonyl (C=O) groups is 3. The molecule has 4 aromatic heterocycles. The largest absolute Gasteiger partial charge is 0.478 e. The molecule has 0 aliphatic heterocycles. The van der Waals surface area contributed by atoms with Crippen LogP contribution in [0.2, 0.25) is 0 Å². The lowest BCUT2D eigenvalue weighted by Crippen LogP contribution is -2.32. The van der Waals surface area contributed by atoms with E-state index in [1.165, 1.54) is 97.9 Å². The molecule has 5 N–H and O–H groups in total. The molecule has 0 fully saturated rings. The van der Waals surface area contributed by atoms with Gasteiger partial charge in [-0.05, 0) is 164 Å². The maximum atomic E-state index is 14.0. The van der Waals surface area contributed by atoms with Crippen LogP contribution in [0.4, 0.5) is 112 Å². The van der Waals surface area contributed by atoms with Crippen molar-refractivity contribution in [3.05, 3.63) is 365 Å². The molecule has 140 heavy (non-hydrogen) atoms. The van der Waals surface area contributed by atoms with Gasteiger partial charge >= 0.3 is 36.8 Å². The van der Waals surface area contributed by atoms with Crippen LogP contribution in [0.15, 0.2) is 311 Å². The predicted octanol–water partition coefficient (Wildman–Crippen LogP) is 26.4. The van der Waals surface area contributed by atoms with Crippen LogP contribution in [0, 0.1) is 23.3 Å². The first-order valence-electron chi connectivity index (χ1n) is 40.8. The number of carboxylic acids is 1. The van der Waals surface area contributed by atoms with Gasteiger partial charge in [-0.3, -0.25) is 27.3 Å². The van der Waals surface area contributed by atoms with Gasteiger partial charge in [0.2, 0.25) is 5.91 Å². The summed E-state index contributed by atoms with van der Waals surface area (Å²) in [5.74, 6) is -7.71. The fourth-order valence-electron chi connectivity index (χ4n) is 14.1. The van der Waals surface area contributed by atoms with Gasteiger partial charge < -0.3 is 20.9 Å². The van der Waals surface area contributed by atoms with Crippen molar-refractivity contribution < 1.29 is 128 Å². The normalized spacial score (nSPS) is 12.2. The van der Waals surface area contributed by atoms with Crippen molar-refractivity contribution in [3.63, 3.8) is 0 Å². The minimum absolute atomic E-state index is 0.0323. The Balaban J connectivity index is 0.000000158. The second kappa shape index (κ2) is 41.4. The number of hydrogen-bond donors (Lipinski definition) is 4. The highest BCUT2D eigenvalue weighted by Crippen LogP contribution is 2.51. The summed E-state index contributed by atoms with van der Waals surface area (Å²) in [6, 6.07) is 65.7. The van der Waals surface area contributed by atoms with Gasteiger partial charge in [0, 0.05) is 47.3 Å². The fourth-order valence-corrected chi connectivity index (χ4v) is 25.5. The van der Waals surface area contributed by atoms with E-state index in [1.807, 2.05) is 0 Å². The van der Waals surface area contributed by atoms with Crippen LogP contribution in [0.3, 0.4) is 0 Å². The zero-order chi connectivity index (χ0) is 102. The molecule has 2 amide bonds. The Morgan fingerprint density at radius 2 is 0.579 bits per heavy atom. The highest BCUT2D eigenvalue weighted by Gasteiger charge is 2.42. The lowest BCUT2D eigenvalue weighted by molar-refractivity contribution is -0.140. The number of carbonyl (C=O) groups excluding carboxylic acids is 2. The number of anilines is 7. The molecule has 0 unspecified atom stereocenters. The van der Waals surface area contributed by atoms with Crippen LogP contribution in [-0.2, 0) is 101 Å². The molecule has 730 valence electrons. The summed E-state index contributed by atoms with van der Waals surface area (Å²) in [7, 11) is -17.3. The lowest BCUT2D eigenvalue weighted by Gasteiger charge is -2.26. The zero-order valence-electron chi connectivity index (χ0n) is 72.6. The van der Waals surface area contributed by atoms with Crippen molar-refractivity contribution in [1.82, 2.24) is 0 Å². The number of alkyl halides is 12. The van der Waals surface area contributed by atoms with E-state index in [1.54, 1.807) is 148 Å². The van der Waals surface area contributed by atoms with Gasteiger partial charge in [-0.25, -0.2) is 60.8 Å². The number of amides is 2. The molecule has 0 saturated heterocycles. The fraction of sp³-hybridized carbons (Fsp3) is 0.135. The molecule has 44 heteroatoms. The monoisotopic (exact) mass is 2090 g/mol. The van der Waals surface area contributed by atoms with E-state index in [-0.39, 0.29) is 84.5 Å². The molecule has 0 atom stereocenters. The molecule has 0 saturated carbocycles. The van der Waals surface area contributed by atoms with Crippen LogP contribution >= 0.6 is 45.3 Å². The number of thiophene rings is 4. The van der Waals surface area contributed by atoms with Gasteiger partial charge in [-0.15, -0.1) is 45.3 Å². The maximum Gasteiger partial charge on any atom is 0.419 e. The average Bonchev–Trinajstić information content (AvgIpc) is 1.59. The molecule has 20 nitrogen and oxygen atoms in total. The molecule has 0 aliphatic rings. The Kier molecular flexibility index (Phi) is 30.7. The van der Waals surface area contributed by atoms with Gasteiger partial charge in [0.25, 0.3) is 40.1 Å². The molecule has 12 aromatic carbocycles. The van der Waals surface area contributed by atoms with E-state index in [4.69, 9.17) is 10.5 Å². The number of rotatable bonds is 23. The first-order chi connectivity index (χ1) is 65.7. The number of nitrogens with two attached hydrogens (primary N) is 1. The van der Waals surface area contributed by atoms with Crippen LogP contribution in [0.5, 0.6) is 0 Å². The van der Waals surface area contributed by atoms with Crippen LogP contribution in [-0.4, -0.2) is 62.3 Å². The predicted molar refractivity (Wildman–Crippen MR) is 508 cm³/mol. The number of carboxylic acid groups (broad SMARTS) is 1. The van der Waals surface area contributed by atoms with Gasteiger partial charge in [-0.1, -0.05) is 170 Å². The van der Waals surface area contributed by atoms with Crippen LogP contribution in [0.25, 0.3) is 40.3 Å². The number of benzene rings is 12. The number of sulfonamides is 4. The SMILES string of the molecule is CC(=O)Nc1c(N(Cc2ccc(F)c(C(F)(F)F)c2)S(=O)(=O)c2ccccc2)sc2ccccc12.CC(C)(C)OC(=O)Nc1c(N(Cc2ccc(F)c(C(F)(F)F)c2)S(=O)(=O)c2ccccc2)sc2ccccc12.Nc1c(N(Cc2ccc(F)c(C(F)(F)F)c2)S(=O)(=O)c2ccccc2)sc2ccccc12.O=C(O)c1c(N(Cc2ccc(F)c(C(F)(F)F)c2)S(=O)(=O)c2ccccc2)sc2ccccc12. The van der Waals surface area contributed by atoms with E-state index in [0.29, 0.717) is 84.2 Å². The molecular weight excluding hydrogens is 2020 g/mol. The maximum absolute atomic E-state index is 14.0. The van der Waals surface area contributed by atoms with E-state index < -0.39 is 160 Å². The number of aromatic carboxylic acids is 1. The van der Waals surface area contributed by atoms with Gasteiger partial charge in [-0.2, -0.15) is 52.7 Å². The number of fused-ring (bicyclic) bond motifs is 4. The second-order valence-electron chi connectivity index (χ2n) is 31.3. The Morgan fingerprint density at radius 3 is 0.864 bits per heavy atom. The molecule has 0 bridgehead atoms. The number of ether oxygens (including phenoxy) is 1. The summed E-state index contributed by atoms with van der Waals surface area (Å²) >= 11 is 4.08. The molecule has 0 aliphatic carbocycles. The van der Waals surface area contributed by atoms with Gasteiger partial charge in [0.05, 0.1) is 85.1 Å². The third-order valence-electron chi connectivity index (χ3n) is 20.4. The minimum Gasteiger partial charge on any atom is -0.478 e. The quantitative estimate of drug-likeness (QED) is 0.0434. The van der Waals surface area contributed by atoms with Crippen molar-refractivity contribution in [2.45, 2.75) is 104 Å². The van der Waals surface area contributed by atoms with Crippen LogP contribution in [0.1, 0.15) is 82.6 Å². The Labute approximate surface area is 805 Å². The van der Waals surface area contributed by atoms with Crippen LogP contribution < -0.4 is 33.6 Å². The zero-order valence-corrected chi connectivity index (χ0v) is 79.1. The van der Waals surface area contributed by atoms with Crippen molar-refractivity contribution in [2.24, 2.45) is 0 Å². The first kappa shape index (κ1) is 104. The second-order valence-corrected chi connectivity index (χ2v) is 42.9. The molecule has 4 heterocycles. The first-order valence-corrected chi connectivity index (χ1v) is 49.8. The number of halogens is 16. The van der Waals surface area contributed by atoms with Gasteiger partial charge in [0.1, 0.15) is 54.4 Å². The van der Waals surface area contributed by atoms with E-state index in [2.05, 4.69) is 10.6 Å². The Morgan fingerprint density at radius 1 is 0.336 bits per heavy atom. The van der Waals surface area contributed by atoms with Crippen molar-refractivity contribution in [2.75, 3.05) is 33.6 Å². The highest BCUT2D eigenvalue weighted by molar-refractivity contribution is 7.94. The summed E-state index contributed by atoms with van der Waals surface area (Å²) in [6.45, 7) is 4.05. The number of nitrogens with one attached hydrogen (secondary N) is 2. The summed E-state index contributed by atoms with van der Waals surface area (Å²) in [4.78, 5) is 36.4. The third kappa shape index (κ3) is 23.6.